The predicted octanol–water partition coefficient (Wildman–Crippen LogP) is 4.47. The van der Waals surface area contributed by atoms with Crippen molar-refractivity contribution in [1.82, 2.24) is 5.32 Å². The van der Waals surface area contributed by atoms with Gasteiger partial charge in [0.15, 0.2) is 0 Å². The molecule has 2 nitrogen and oxygen atoms in total. The highest BCUT2D eigenvalue weighted by molar-refractivity contribution is 5.83. The number of amides is 1. The maximum Gasteiger partial charge on any atom is 0.224 e. The molecule has 5 rings (SSSR count). The van der Waals surface area contributed by atoms with Gasteiger partial charge in [-0.2, -0.15) is 0 Å². The van der Waals surface area contributed by atoms with Gasteiger partial charge in [-0.25, -0.2) is 0 Å². The maximum absolute atomic E-state index is 13.1. The molecule has 2 atom stereocenters. The Hall–Kier alpha value is -2.35. The van der Waals surface area contributed by atoms with E-state index < -0.39 is 0 Å². The summed E-state index contributed by atoms with van der Waals surface area (Å²) in [6, 6.07) is 17.4. The van der Waals surface area contributed by atoms with Gasteiger partial charge in [-0.05, 0) is 34.1 Å². The highest BCUT2D eigenvalue weighted by Gasteiger charge is 2.52. The molecular weight excluding hydrogens is 306 g/mol. The second kappa shape index (κ2) is 6.18. The average molecular weight is 331 g/mol. The highest BCUT2D eigenvalue weighted by atomic mass is 16.1. The van der Waals surface area contributed by atoms with Crippen molar-refractivity contribution in [3.8, 4) is 0 Å². The molecule has 1 amide bonds. The summed E-state index contributed by atoms with van der Waals surface area (Å²) in [4.78, 5) is 13.1. The lowest BCUT2D eigenvalue weighted by Crippen LogP contribution is -2.49. The van der Waals surface area contributed by atoms with E-state index in [1.165, 1.54) is 22.3 Å². The third-order valence-electron chi connectivity index (χ3n) is 5.98. The SMILES string of the molecule is C=CCNC(=O)C1C2c3ccccc3C(c3ccccc32)C1C(C)C. The van der Waals surface area contributed by atoms with Gasteiger partial charge in [0, 0.05) is 18.4 Å². The summed E-state index contributed by atoms with van der Waals surface area (Å²) in [5.74, 6) is 1.35. The summed E-state index contributed by atoms with van der Waals surface area (Å²) in [6.07, 6.45) is 1.76. The van der Waals surface area contributed by atoms with Crippen LogP contribution in [0.4, 0.5) is 0 Å². The van der Waals surface area contributed by atoms with E-state index in [0.717, 1.165) is 0 Å². The zero-order valence-corrected chi connectivity index (χ0v) is 14.9. The first kappa shape index (κ1) is 16.1. The summed E-state index contributed by atoms with van der Waals surface area (Å²) < 4.78 is 0. The molecule has 0 saturated carbocycles. The van der Waals surface area contributed by atoms with Crippen molar-refractivity contribution in [2.45, 2.75) is 25.7 Å². The van der Waals surface area contributed by atoms with Crippen molar-refractivity contribution < 1.29 is 4.79 Å². The molecular formula is C23H25NO. The lowest BCUT2D eigenvalue weighted by Gasteiger charge is -2.51. The van der Waals surface area contributed by atoms with Crippen LogP contribution in [0.15, 0.2) is 61.2 Å². The Morgan fingerprint density at radius 3 is 1.92 bits per heavy atom. The van der Waals surface area contributed by atoms with Crippen LogP contribution in [-0.4, -0.2) is 12.5 Å². The van der Waals surface area contributed by atoms with Crippen molar-refractivity contribution in [2.24, 2.45) is 17.8 Å². The molecule has 1 N–H and O–H groups in total. The molecule has 0 radical (unpaired) electrons. The van der Waals surface area contributed by atoms with Crippen molar-refractivity contribution >= 4 is 5.91 Å². The van der Waals surface area contributed by atoms with Crippen LogP contribution in [0.25, 0.3) is 0 Å². The van der Waals surface area contributed by atoms with Gasteiger partial charge in [0.1, 0.15) is 0 Å². The fourth-order valence-corrected chi connectivity index (χ4v) is 5.14. The lowest BCUT2D eigenvalue weighted by molar-refractivity contribution is -0.128. The van der Waals surface area contributed by atoms with Crippen molar-refractivity contribution in [3.05, 3.63) is 83.4 Å². The maximum atomic E-state index is 13.1. The summed E-state index contributed by atoms with van der Waals surface area (Å²) in [6.45, 7) is 8.77. The van der Waals surface area contributed by atoms with E-state index in [0.29, 0.717) is 24.3 Å². The molecule has 0 fully saturated rings. The Labute approximate surface area is 150 Å². The quantitative estimate of drug-likeness (QED) is 0.823. The molecule has 0 heterocycles. The molecule has 0 saturated heterocycles. The second-order valence-electron chi connectivity index (χ2n) is 7.59. The number of fused-ring (bicyclic) bond motifs is 1. The van der Waals surface area contributed by atoms with E-state index in [2.05, 4.69) is 74.3 Å². The molecule has 2 aromatic carbocycles. The Balaban J connectivity index is 1.92. The van der Waals surface area contributed by atoms with Crippen molar-refractivity contribution in [2.75, 3.05) is 6.54 Å². The van der Waals surface area contributed by atoms with Gasteiger partial charge >= 0.3 is 0 Å². The van der Waals surface area contributed by atoms with Crippen molar-refractivity contribution in [1.29, 1.82) is 0 Å². The van der Waals surface area contributed by atoms with Gasteiger partial charge in [0.25, 0.3) is 0 Å². The van der Waals surface area contributed by atoms with Crippen LogP contribution in [0.1, 0.15) is 47.9 Å². The van der Waals surface area contributed by atoms with Gasteiger partial charge in [0.05, 0.1) is 5.92 Å². The molecule has 25 heavy (non-hydrogen) atoms. The number of carbonyl (C=O) groups excluding carboxylic acids is 1. The fraction of sp³-hybridized carbons (Fsp3) is 0.348. The zero-order valence-electron chi connectivity index (χ0n) is 14.9. The number of rotatable bonds is 4. The first-order valence-corrected chi connectivity index (χ1v) is 9.21. The largest absolute Gasteiger partial charge is 0.352 e. The number of benzene rings is 2. The standard InChI is InChI=1S/C23H25NO/c1-4-13-24-23(25)22-19(14(2)3)20-15-9-5-7-11-17(15)21(22)18-12-8-6-10-16(18)20/h4-12,14,19-22H,1,13H2,2-3H3,(H,24,25). The van der Waals surface area contributed by atoms with E-state index in [-0.39, 0.29) is 17.7 Å². The number of hydrogen-bond acceptors (Lipinski definition) is 1. The monoisotopic (exact) mass is 331 g/mol. The summed E-state index contributed by atoms with van der Waals surface area (Å²) >= 11 is 0. The molecule has 0 aromatic heterocycles. The topological polar surface area (TPSA) is 29.1 Å². The van der Waals surface area contributed by atoms with E-state index in [4.69, 9.17) is 0 Å². The van der Waals surface area contributed by atoms with E-state index in [9.17, 15) is 4.79 Å². The van der Waals surface area contributed by atoms with Crippen LogP contribution >= 0.6 is 0 Å². The van der Waals surface area contributed by atoms with E-state index >= 15 is 0 Å². The van der Waals surface area contributed by atoms with Crippen LogP contribution in [0.5, 0.6) is 0 Å². The van der Waals surface area contributed by atoms with Crippen LogP contribution in [0.3, 0.4) is 0 Å². The van der Waals surface area contributed by atoms with E-state index in [1.54, 1.807) is 6.08 Å². The van der Waals surface area contributed by atoms with Gasteiger partial charge < -0.3 is 5.32 Å². The third-order valence-corrected chi connectivity index (χ3v) is 5.98. The van der Waals surface area contributed by atoms with Gasteiger partial charge in [-0.1, -0.05) is 68.5 Å². The average Bonchev–Trinajstić information content (AvgIpc) is 2.65. The Bertz CT molecular complexity index is 775. The molecule has 3 aliphatic carbocycles. The van der Waals surface area contributed by atoms with E-state index in [1.807, 2.05) is 0 Å². The number of carbonyl (C=O) groups is 1. The van der Waals surface area contributed by atoms with Crippen LogP contribution in [0, 0.1) is 17.8 Å². The minimum atomic E-state index is -0.0188. The van der Waals surface area contributed by atoms with Gasteiger partial charge in [0.2, 0.25) is 5.91 Å². The molecule has 2 aromatic rings. The molecule has 0 aliphatic heterocycles. The predicted molar refractivity (Wildman–Crippen MR) is 102 cm³/mol. The van der Waals surface area contributed by atoms with Crippen LogP contribution < -0.4 is 5.32 Å². The normalized spacial score (nSPS) is 26.0. The lowest BCUT2D eigenvalue weighted by atomic mass is 9.52. The van der Waals surface area contributed by atoms with Crippen molar-refractivity contribution in [3.63, 3.8) is 0 Å². The summed E-state index contributed by atoms with van der Waals surface area (Å²) in [7, 11) is 0. The summed E-state index contributed by atoms with van der Waals surface area (Å²) in [5.41, 5.74) is 5.50. The Kier molecular flexibility index (Phi) is 3.99. The molecule has 2 unspecified atom stereocenters. The minimum Gasteiger partial charge on any atom is -0.352 e. The number of hydrogen-bond donors (Lipinski definition) is 1. The Morgan fingerprint density at radius 1 is 1.00 bits per heavy atom. The molecule has 2 bridgehead atoms. The third kappa shape index (κ3) is 2.35. The highest BCUT2D eigenvalue weighted by Crippen LogP contribution is 2.59. The van der Waals surface area contributed by atoms with Crippen LogP contribution in [-0.2, 0) is 4.79 Å². The minimum absolute atomic E-state index is 0.0188. The summed E-state index contributed by atoms with van der Waals surface area (Å²) in [5, 5.41) is 3.08. The number of nitrogens with one attached hydrogen (secondary N) is 1. The second-order valence-corrected chi connectivity index (χ2v) is 7.59. The molecule has 128 valence electrons. The molecule has 0 spiro atoms. The Morgan fingerprint density at radius 2 is 1.48 bits per heavy atom. The zero-order chi connectivity index (χ0) is 17.6. The smallest absolute Gasteiger partial charge is 0.224 e. The molecule has 3 aliphatic rings. The van der Waals surface area contributed by atoms with Crippen LogP contribution in [0.2, 0.25) is 0 Å². The van der Waals surface area contributed by atoms with Gasteiger partial charge in [-0.15, -0.1) is 6.58 Å². The van der Waals surface area contributed by atoms with Gasteiger partial charge in [-0.3, -0.25) is 4.79 Å². The first-order valence-electron chi connectivity index (χ1n) is 9.21. The molecule has 2 heteroatoms. The first-order chi connectivity index (χ1) is 12.1. The fourth-order valence-electron chi connectivity index (χ4n) is 5.14.